The molecule has 0 fully saturated rings. The molecule has 0 spiro atoms. The highest BCUT2D eigenvalue weighted by molar-refractivity contribution is 5.94. The van der Waals surface area contributed by atoms with Crippen molar-refractivity contribution < 1.29 is 9.63 Å². The van der Waals surface area contributed by atoms with Gasteiger partial charge in [0.2, 0.25) is 5.65 Å². The summed E-state index contributed by atoms with van der Waals surface area (Å²) >= 11 is 0. The number of aryl methyl sites for hydroxylation is 3. The van der Waals surface area contributed by atoms with Crippen LogP contribution < -0.4 is 5.32 Å². The Balaban J connectivity index is 1.51. The first-order valence-electron chi connectivity index (χ1n) is 10.6. The number of benzene rings is 1. The number of imidazole rings is 1. The van der Waals surface area contributed by atoms with Gasteiger partial charge in [-0.2, -0.15) is 4.52 Å². The number of tetrazole rings is 1. The number of pyridine rings is 1. The molecule has 1 amide bonds. The number of rotatable bonds is 9. The number of unbranched alkanes of at least 4 members (excludes halogenated alkanes) is 1. The van der Waals surface area contributed by atoms with E-state index in [0.717, 1.165) is 47.5 Å². The molecule has 1 N–H and O–H groups in total. The third-order valence-corrected chi connectivity index (χ3v) is 5.45. The van der Waals surface area contributed by atoms with Gasteiger partial charge in [-0.3, -0.25) is 4.79 Å². The number of carbonyl (C=O) groups excluding carboxylic acids is 1. The SMILES string of the molecule is CC=NOCc1nc2c(c(C)c(C)n3nnnc23)n1CCCCNC(=O)c1ccccc1. The third kappa shape index (κ3) is 4.16. The predicted molar refractivity (Wildman–Crippen MR) is 121 cm³/mol. The summed E-state index contributed by atoms with van der Waals surface area (Å²) in [7, 11) is 0. The highest BCUT2D eigenvalue weighted by atomic mass is 16.6. The molecule has 0 aliphatic carbocycles. The standard InChI is InChI=1S/C22H26N8O2/c1-4-24-32-14-18-25-19-20(15(2)16(3)30-21(19)26-27-28-30)29(18)13-9-8-12-23-22(31)17-10-6-5-7-11-17/h4-7,10-11H,8-9,12-14H2,1-3H3,(H,23,31). The van der Waals surface area contributed by atoms with Crippen molar-refractivity contribution in [1.29, 1.82) is 0 Å². The van der Waals surface area contributed by atoms with E-state index in [9.17, 15) is 4.79 Å². The molecule has 4 rings (SSSR count). The molecule has 0 aliphatic heterocycles. The lowest BCUT2D eigenvalue weighted by molar-refractivity contribution is 0.0953. The molecule has 0 aliphatic rings. The Labute approximate surface area is 185 Å². The highest BCUT2D eigenvalue weighted by Crippen LogP contribution is 2.26. The van der Waals surface area contributed by atoms with Crippen LogP contribution in [0.3, 0.4) is 0 Å². The van der Waals surface area contributed by atoms with Crippen LogP contribution in [0.2, 0.25) is 0 Å². The number of carbonyl (C=O) groups is 1. The minimum absolute atomic E-state index is 0.0571. The molecular weight excluding hydrogens is 408 g/mol. The van der Waals surface area contributed by atoms with E-state index < -0.39 is 0 Å². The van der Waals surface area contributed by atoms with Gasteiger partial charge in [-0.1, -0.05) is 23.4 Å². The predicted octanol–water partition coefficient (Wildman–Crippen LogP) is 2.82. The molecular formula is C22H26N8O2. The summed E-state index contributed by atoms with van der Waals surface area (Å²) in [6.07, 6.45) is 3.29. The average molecular weight is 435 g/mol. The normalized spacial score (nSPS) is 11.6. The van der Waals surface area contributed by atoms with Gasteiger partial charge in [0.25, 0.3) is 5.91 Å². The Morgan fingerprint density at radius 1 is 1.22 bits per heavy atom. The van der Waals surface area contributed by atoms with Crippen molar-refractivity contribution in [2.75, 3.05) is 6.54 Å². The summed E-state index contributed by atoms with van der Waals surface area (Å²) in [6, 6.07) is 9.23. The van der Waals surface area contributed by atoms with Gasteiger partial charge in [-0.05, 0) is 61.7 Å². The Morgan fingerprint density at radius 3 is 2.81 bits per heavy atom. The Morgan fingerprint density at radius 2 is 2.03 bits per heavy atom. The maximum Gasteiger partial charge on any atom is 0.251 e. The molecule has 10 nitrogen and oxygen atoms in total. The van der Waals surface area contributed by atoms with E-state index in [1.807, 2.05) is 44.2 Å². The minimum Gasteiger partial charge on any atom is -0.388 e. The van der Waals surface area contributed by atoms with E-state index >= 15 is 0 Å². The average Bonchev–Trinajstić information content (AvgIpc) is 3.43. The molecule has 0 atom stereocenters. The van der Waals surface area contributed by atoms with Crippen molar-refractivity contribution in [3.05, 3.63) is 53.0 Å². The Hall–Kier alpha value is -3.82. The van der Waals surface area contributed by atoms with Gasteiger partial charge in [0.15, 0.2) is 12.4 Å². The van der Waals surface area contributed by atoms with Crippen LogP contribution >= 0.6 is 0 Å². The van der Waals surface area contributed by atoms with Gasteiger partial charge in [-0.25, -0.2) is 4.98 Å². The number of amides is 1. The molecule has 0 saturated heterocycles. The first-order valence-corrected chi connectivity index (χ1v) is 10.6. The maximum absolute atomic E-state index is 12.2. The summed E-state index contributed by atoms with van der Waals surface area (Å²) in [5.74, 6) is 0.705. The number of aromatic nitrogens is 6. The lowest BCUT2D eigenvalue weighted by atomic mass is 10.2. The molecule has 32 heavy (non-hydrogen) atoms. The second-order valence-electron chi connectivity index (χ2n) is 7.47. The second-order valence-corrected chi connectivity index (χ2v) is 7.47. The summed E-state index contributed by atoms with van der Waals surface area (Å²) in [5, 5.41) is 18.9. The summed E-state index contributed by atoms with van der Waals surface area (Å²) in [5.41, 5.74) is 5.06. The van der Waals surface area contributed by atoms with E-state index in [4.69, 9.17) is 9.82 Å². The van der Waals surface area contributed by atoms with Crippen LogP contribution in [0.1, 0.15) is 47.2 Å². The molecule has 1 aromatic carbocycles. The van der Waals surface area contributed by atoms with Crippen molar-refractivity contribution in [2.45, 2.75) is 46.8 Å². The molecule has 166 valence electrons. The van der Waals surface area contributed by atoms with E-state index in [2.05, 4.69) is 30.6 Å². The zero-order valence-electron chi connectivity index (χ0n) is 18.4. The number of hydrogen-bond donors (Lipinski definition) is 1. The zero-order valence-corrected chi connectivity index (χ0v) is 18.4. The molecule has 4 aromatic rings. The smallest absolute Gasteiger partial charge is 0.251 e. The van der Waals surface area contributed by atoms with Gasteiger partial charge >= 0.3 is 0 Å². The molecule has 0 radical (unpaired) electrons. The lowest BCUT2D eigenvalue weighted by Crippen LogP contribution is -2.24. The van der Waals surface area contributed by atoms with Gasteiger partial charge < -0.3 is 14.7 Å². The zero-order chi connectivity index (χ0) is 22.5. The van der Waals surface area contributed by atoms with Crippen LogP contribution in [0.25, 0.3) is 16.7 Å². The number of fused-ring (bicyclic) bond motifs is 3. The van der Waals surface area contributed by atoms with Gasteiger partial charge in [0.1, 0.15) is 5.52 Å². The minimum atomic E-state index is -0.0571. The Bertz CT molecular complexity index is 1260. The molecule has 0 saturated carbocycles. The fraction of sp³-hybridized carbons (Fsp3) is 0.364. The first kappa shape index (κ1) is 21.4. The topological polar surface area (TPSA) is 112 Å². The van der Waals surface area contributed by atoms with Crippen LogP contribution in [0.4, 0.5) is 0 Å². The molecule has 3 heterocycles. The van der Waals surface area contributed by atoms with Crippen LogP contribution in [-0.2, 0) is 18.0 Å². The number of nitrogens with one attached hydrogen (secondary N) is 1. The number of oxime groups is 1. The van der Waals surface area contributed by atoms with Crippen molar-refractivity contribution in [2.24, 2.45) is 5.16 Å². The van der Waals surface area contributed by atoms with Crippen LogP contribution in [0, 0.1) is 13.8 Å². The van der Waals surface area contributed by atoms with Crippen molar-refractivity contribution >= 4 is 28.8 Å². The van der Waals surface area contributed by atoms with Gasteiger partial charge in [0, 0.05) is 30.6 Å². The summed E-state index contributed by atoms with van der Waals surface area (Å²) in [6.45, 7) is 7.41. The monoisotopic (exact) mass is 434 g/mol. The lowest BCUT2D eigenvalue weighted by Gasteiger charge is -2.12. The number of nitrogens with zero attached hydrogens (tertiary/aromatic N) is 7. The van der Waals surface area contributed by atoms with Gasteiger partial charge in [0.05, 0.1) is 5.52 Å². The van der Waals surface area contributed by atoms with Crippen molar-refractivity contribution in [3.63, 3.8) is 0 Å². The first-order chi connectivity index (χ1) is 15.6. The number of hydrogen-bond acceptors (Lipinski definition) is 7. The molecule has 0 bridgehead atoms. The summed E-state index contributed by atoms with van der Waals surface area (Å²) in [4.78, 5) is 22.4. The van der Waals surface area contributed by atoms with E-state index in [1.165, 1.54) is 0 Å². The quantitative estimate of drug-likeness (QED) is 0.246. The maximum atomic E-state index is 12.2. The van der Waals surface area contributed by atoms with Crippen LogP contribution in [0.15, 0.2) is 35.5 Å². The van der Waals surface area contributed by atoms with Crippen LogP contribution in [-0.4, -0.2) is 48.3 Å². The third-order valence-electron chi connectivity index (χ3n) is 5.45. The second kappa shape index (κ2) is 9.54. The fourth-order valence-electron chi connectivity index (χ4n) is 3.74. The van der Waals surface area contributed by atoms with Gasteiger partial charge in [-0.15, -0.1) is 5.10 Å². The largest absolute Gasteiger partial charge is 0.388 e. The van der Waals surface area contributed by atoms with E-state index in [0.29, 0.717) is 17.8 Å². The highest BCUT2D eigenvalue weighted by Gasteiger charge is 2.20. The molecule has 3 aromatic heterocycles. The van der Waals surface area contributed by atoms with E-state index in [-0.39, 0.29) is 12.5 Å². The summed E-state index contributed by atoms with van der Waals surface area (Å²) < 4.78 is 3.86. The Kier molecular flexibility index (Phi) is 6.39. The van der Waals surface area contributed by atoms with Crippen molar-refractivity contribution in [1.82, 2.24) is 34.9 Å². The van der Waals surface area contributed by atoms with Crippen molar-refractivity contribution in [3.8, 4) is 0 Å². The fourth-order valence-corrected chi connectivity index (χ4v) is 3.74. The van der Waals surface area contributed by atoms with E-state index in [1.54, 1.807) is 17.7 Å². The molecule has 10 heteroatoms. The van der Waals surface area contributed by atoms with Crippen LogP contribution in [0.5, 0.6) is 0 Å². The molecule has 0 unspecified atom stereocenters.